The van der Waals surface area contributed by atoms with Crippen molar-refractivity contribution in [2.75, 3.05) is 27.2 Å². The van der Waals surface area contributed by atoms with Crippen molar-refractivity contribution in [3.05, 3.63) is 42.2 Å². The summed E-state index contributed by atoms with van der Waals surface area (Å²) in [5.74, 6) is 1.65. The van der Waals surface area contributed by atoms with E-state index in [0.29, 0.717) is 12.3 Å². The standard InChI is InChI=1S/C18H23N3O2/c1-20(11-14-8-9-18(22)21(2)12-14)13-16-10-17(19-23-16)15-6-4-3-5-7-15/h3-7,10,14H,8-9,11-13H2,1-2H3. The van der Waals surface area contributed by atoms with Crippen LogP contribution in [0.15, 0.2) is 40.9 Å². The molecule has 1 aromatic heterocycles. The highest BCUT2D eigenvalue weighted by atomic mass is 16.5. The van der Waals surface area contributed by atoms with E-state index in [9.17, 15) is 4.79 Å². The van der Waals surface area contributed by atoms with Gasteiger partial charge in [0.25, 0.3) is 0 Å². The molecule has 122 valence electrons. The fraction of sp³-hybridized carbons (Fsp3) is 0.444. The molecule has 1 fully saturated rings. The van der Waals surface area contributed by atoms with E-state index in [1.54, 1.807) is 0 Å². The van der Waals surface area contributed by atoms with Gasteiger partial charge in [-0.2, -0.15) is 0 Å². The zero-order chi connectivity index (χ0) is 16.2. The van der Waals surface area contributed by atoms with Crippen LogP contribution in [-0.2, 0) is 11.3 Å². The second-order valence-corrected chi connectivity index (χ2v) is 6.42. The SMILES string of the molecule is CN(Cc1cc(-c2ccccc2)no1)CC1CCC(=O)N(C)C1. The molecule has 0 radical (unpaired) electrons. The first-order valence-corrected chi connectivity index (χ1v) is 8.05. The maximum Gasteiger partial charge on any atom is 0.222 e. The van der Waals surface area contributed by atoms with Gasteiger partial charge in [-0.05, 0) is 19.4 Å². The van der Waals surface area contributed by atoms with Crippen LogP contribution < -0.4 is 0 Å². The normalized spacial score (nSPS) is 18.7. The van der Waals surface area contributed by atoms with Crippen LogP contribution >= 0.6 is 0 Å². The van der Waals surface area contributed by atoms with Gasteiger partial charge in [-0.15, -0.1) is 0 Å². The predicted molar refractivity (Wildman–Crippen MR) is 88.6 cm³/mol. The van der Waals surface area contributed by atoms with Crippen LogP contribution in [0.1, 0.15) is 18.6 Å². The van der Waals surface area contributed by atoms with Gasteiger partial charge in [0, 0.05) is 38.2 Å². The van der Waals surface area contributed by atoms with Crippen LogP contribution in [0, 0.1) is 5.92 Å². The van der Waals surface area contributed by atoms with Gasteiger partial charge in [-0.25, -0.2) is 0 Å². The summed E-state index contributed by atoms with van der Waals surface area (Å²) in [6.45, 7) is 2.53. The molecule has 1 amide bonds. The van der Waals surface area contributed by atoms with Gasteiger partial charge in [0.05, 0.1) is 6.54 Å². The van der Waals surface area contributed by atoms with Gasteiger partial charge in [-0.1, -0.05) is 35.5 Å². The Morgan fingerprint density at radius 2 is 2.13 bits per heavy atom. The Morgan fingerprint density at radius 3 is 2.87 bits per heavy atom. The minimum Gasteiger partial charge on any atom is -0.359 e. The Hall–Kier alpha value is -2.14. The molecular weight excluding hydrogens is 290 g/mol. The average Bonchev–Trinajstić information content (AvgIpc) is 3.00. The van der Waals surface area contributed by atoms with Gasteiger partial charge in [-0.3, -0.25) is 9.69 Å². The van der Waals surface area contributed by atoms with Crippen molar-refractivity contribution in [3.63, 3.8) is 0 Å². The first-order chi connectivity index (χ1) is 11.1. The van der Waals surface area contributed by atoms with E-state index >= 15 is 0 Å². The zero-order valence-electron chi connectivity index (χ0n) is 13.7. The molecular formula is C18H23N3O2. The van der Waals surface area contributed by atoms with Crippen LogP contribution in [0.2, 0.25) is 0 Å². The smallest absolute Gasteiger partial charge is 0.222 e. The van der Waals surface area contributed by atoms with Crippen molar-refractivity contribution in [1.82, 2.24) is 15.0 Å². The zero-order valence-corrected chi connectivity index (χ0v) is 13.7. The summed E-state index contributed by atoms with van der Waals surface area (Å²) < 4.78 is 5.46. The lowest BCUT2D eigenvalue weighted by molar-refractivity contribution is -0.133. The molecule has 1 saturated heterocycles. The molecule has 2 heterocycles. The molecule has 0 N–H and O–H groups in total. The fourth-order valence-corrected chi connectivity index (χ4v) is 3.15. The van der Waals surface area contributed by atoms with Gasteiger partial charge in [0.15, 0.2) is 5.76 Å². The molecule has 23 heavy (non-hydrogen) atoms. The Morgan fingerprint density at radius 1 is 1.35 bits per heavy atom. The van der Waals surface area contributed by atoms with Crippen molar-refractivity contribution in [2.45, 2.75) is 19.4 Å². The number of likely N-dealkylation sites (tertiary alicyclic amines) is 1. The summed E-state index contributed by atoms with van der Waals surface area (Å²) in [6.07, 6.45) is 1.63. The number of hydrogen-bond acceptors (Lipinski definition) is 4. The number of amides is 1. The lowest BCUT2D eigenvalue weighted by atomic mass is 9.97. The molecule has 2 aromatic rings. The van der Waals surface area contributed by atoms with E-state index < -0.39 is 0 Å². The molecule has 0 saturated carbocycles. The van der Waals surface area contributed by atoms with E-state index in [1.165, 1.54) is 0 Å². The highest BCUT2D eigenvalue weighted by Gasteiger charge is 2.24. The molecule has 0 bridgehead atoms. The fourth-order valence-electron chi connectivity index (χ4n) is 3.15. The summed E-state index contributed by atoms with van der Waals surface area (Å²) in [6, 6.07) is 12.0. The number of rotatable bonds is 5. The van der Waals surface area contributed by atoms with Crippen LogP contribution in [0.5, 0.6) is 0 Å². The molecule has 1 unspecified atom stereocenters. The number of benzene rings is 1. The van der Waals surface area contributed by atoms with Crippen molar-refractivity contribution in [1.29, 1.82) is 0 Å². The highest BCUT2D eigenvalue weighted by molar-refractivity contribution is 5.76. The van der Waals surface area contributed by atoms with Crippen molar-refractivity contribution >= 4 is 5.91 Å². The molecule has 1 atom stereocenters. The number of hydrogen-bond donors (Lipinski definition) is 0. The Kier molecular flexibility index (Phi) is 4.76. The average molecular weight is 313 g/mol. The van der Waals surface area contributed by atoms with Crippen LogP contribution in [0.25, 0.3) is 11.3 Å². The molecule has 5 heteroatoms. The maximum atomic E-state index is 11.5. The second-order valence-electron chi connectivity index (χ2n) is 6.42. The quantitative estimate of drug-likeness (QED) is 0.851. The first-order valence-electron chi connectivity index (χ1n) is 8.05. The second kappa shape index (κ2) is 6.96. The summed E-state index contributed by atoms with van der Waals surface area (Å²) in [5, 5.41) is 4.15. The number of carbonyl (C=O) groups excluding carboxylic acids is 1. The van der Waals surface area contributed by atoms with Gasteiger partial charge >= 0.3 is 0 Å². The first kappa shape index (κ1) is 15.7. The third-order valence-electron chi connectivity index (χ3n) is 4.35. The lowest BCUT2D eigenvalue weighted by Crippen LogP contribution is -2.41. The summed E-state index contributed by atoms with van der Waals surface area (Å²) in [5.41, 5.74) is 1.94. The molecule has 0 spiro atoms. The number of carbonyl (C=O) groups is 1. The monoisotopic (exact) mass is 313 g/mol. The predicted octanol–water partition coefficient (Wildman–Crippen LogP) is 2.64. The Balaban J connectivity index is 1.55. The van der Waals surface area contributed by atoms with Gasteiger partial charge in [0.1, 0.15) is 5.69 Å². The molecule has 1 aliphatic heterocycles. The molecule has 1 aromatic carbocycles. The van der Waals surface area contributed by atoms with Crippen molar-refractivity contribution in [2.24, 2.45) is 5.92 Å². The van der Waals surface area contributed by atoms with Crippen LogP contribution in [0.4, 0.5) is 0 Å². The molecule has 1 aliphatic rings. The minimum absolute atomic E-state index is 0.256. The highest BCUT2D eigenvalue weighted by Crippen LogP contribution is 2.21. The largest absolute Gasteiger partial charge is 0.359 e. The Labute approximate surface area is 136 Å². The molecule has 3 rings (SSSR count). The van der Waals surface area contributed by atoms with E-state index in [1.807, 2.05) is 48.3 Å². The maximum absolute atomic E-state index is 11.5. The van der Waals surface area contributed by atoms with Crippen LogP contribution in [-0.4, -0.2) is 48.0 Å². The number of piperidine rings is 1. The van der Waals surface area contributed by atoms with E-state index in [4.69, 9.17) is 4.52 Å². The van der Waals surface area contributed by atoms with Crippen molar-refractivity contribution in [3.8, 4) is 11.3 Å². The molecule has 5 nitrogen and oxygen atoms in total. The van der Waals surface area contributed by atoms with Gasteiger partial charge < -0.3 is 9.42 Å². The topological polar surface area (TPSA) is 49.6 Å². The van der Waals surface area contributed by atoms with Crippen molar-refractivity contribution < 1.29 is 9.32 Å². The number of aromatic nitrogens is 1. The van der Waals surface area contributed by atoms with Gasteiger partial charge in [0.2, 0.25) is 5.91 Å². The number of nitrogens with zero attached hydrogens (tertiary/aromatic N) is 3. The summed E-state index contributed by atoms with van der Waals surface area (Å²) in [4.78, 5) is 15.6. The van der Waals surface area contributed by atoms with E-state index in [2.05, 4.69) is 17.1 Å². The summed E-state index contributed by atoms with van der Waals surface area (Å²) >= 11 is 0. The minimum atomic E-state index is 0.256. The van der Waals surface area contributed by atoms with Crippen LogP contribution in [0.3, 0.4) is 0 Å². The van der Waals surface area contributed by atoms with E-state index in [-0.39, 0.29) is 5.91 Å². The van der Waals surface area contributed by atoms with E-state index in [0.717, 1.165) is 43.1 Å². The summed E-state index contributed by atoms with van der Waals surface area (Å²) in [7, 11) is 3.97. The lowest BCUT2D eigenvalue weighted by Gasteiger charge is -2.32. The third kappa shape index (κ3) is 3.99. The Bertz CT molecular complexity index is 653. The third-order valence-corrected chi connectivity index (χ3v) is 4.35. The molecule has 0 aliphatic carbocycles.